The lowest BCUT2D eigenvalue weighted by Gasteiger charge is -2.25. The van der Waals surface area contributed by atoms with Gasteiger partial charge in [0.1, 0.15) is 0 Å². The Morgan fingerprint density at radius 1 is 1.44 bits per heavy atom. The van der Waals surface area contributed by atoms with Crippen LogP contribution in [0.25, 0.3) is 0 Å². The van der Waals surface area contributed by atoms with Gasteiger partial charge in [0.2, 0.25) is 5.91 Å². The fourth-order valence-corrected chi connectivity index (χ4v) is 1.99. The van der Waals surface area contributed by atoms with Crippen molar-refractivity contribution in [1.82, 2.24) is 10.6 Å². The van der Waals surface area contributed by atoms with E-state index in [2.05, 4.69) is 10.6 Å². The summed E-state index contributed by atoms with van der Waals surface area (Å²) in [5.41, 5.74) is 0. The van der Waals surface area contributed by atoms with Gasteiger partial charge in [-0.25, -0.2) is 0 Å². The maximum atomic E-state index is 11.5. The minimum absolute atomic E-state index is 0. The molecule has 2 saturated heterocycles. The monoisotopic (exact) mass is 278 g/mol. The van der Waals surface area contributed by atoms with Crippen LogP contribution in [-0.4, -0.2) is 51.5 Å². The number of hydrogen-bond donors (Lipinski definition) is 2. The molecule has 6 heteroatoms. The van der Waals surface area contributed by atoms with Crippen molar-refractivity contribution in [3.8, 4) is 0 Å². The number of amides is 1. The Labute approximate surface area is 114 Å². The van der Waals surface area contributed by atoms with Crippen LogP contribution in [-0.2, 0) is 14.3 Å². The van der Waals surface area contributed by atoms with Crippen LogP contribution >= 0.6 is 12.4 Å². The van der Waals surface area contributed by atoms with E-state index < -0.39 is 0 Å². The van der Waals surface area contributed by atoms with Crippen LogP contribution in [0.2, 0.25) is 0 Å². The molecule has 2 rings (SSSR count). The summed E-state index contributed by atoms with van der Waals surface area (Å²) in [7, 11) is 0. The van der Waals surface area contributed by atoms with Gasteiger partial charge in [-0.3, -0.25) is 4.79 Å². The summed E-state index contributed by atoms with van der Waals surface area (Å²) in [6, 6.07) is 0. The average molecular weight is 279 g/mol. The molecule has 1 amide bonds. The van der Waals surface area contributed by atoms with Gasteiger partial charge >= 0.3 is 0 Å². The first-order valence-electron chi connectivity index (χ1n) is 6.54. The smallest absolute Gasteiger partial charge is 0.225 e. The van der Waals surface area contributed by atoms with E-state index in [1.165, 1.54) is 0 Å². The van der Waals surface area contributed by atoms with E-state index in [-0.39, 0.29) is 24.2 Å². The van der Waals surface area contributed by atoms with Gasteiger partial charge in [0.15, 0.2) is 0 Å². The topological polar surface area (TPSA) is 59.6 Å². The standard InChI is InChI=1S/C12H22N2O3.ClH/c15-12(10-7-13-8-10)14-4-2-5-16-9-11-3-1-6-17-11;/h10-11,13H,1-9H2,(H,14,15);1H. The zero-order valence-corrected chi connectivity index (χ0v) is 11.5. The van der Waals surface area contributed by atoms with Crippen molar-refractivity contribution in [2.75, 3.05) is 39.5 Å². The van der Waals surface area contributed by atoms with E-state index in [1.807, 2.05) is 0 Å². The summed E-state index contributed by atoms with van der Waals surface area (Å²) in [6.45, 7) is 4.62. The minimum atomic E-state index is 0. The second-order valence-electron chi connectivity index (χ2n) is 4.71. The van der Waals surface area contributed by atoms with E-state index in [4.69, 9.17) is 9.47 Å². The van der Waals surface area contributed by atoms with Crippen LogP contribution in [0.15, 0.2) is 0 Å². The van der Waals surface area contributed by atoms with Crippen molar-refractivity contribution >= 4 is 18.3 Å². The molecule has 0 saturated carbocycles. The Kier molecular flexibility index (Phi) is 7.58. The molecule has 0 aromatic rings. The Hall–Kier alpha value is -0.360. The number of hydrogen-bond acceptors (Lipinski definition) is 4. The van der Waals surface area contributed by atoms with Gasteiger partial charge in [-0.15, -0.1) is 12.4 Å². The highest BCUT2D eigenvalue weighted by Crippen LogP contribution is 2.11. The zero-order valence-electron chi connectivity index (χ0n) is 10.7. The number of carbonyl (C=O) groups excluding carboxylic acids is 1. The third-order valence-corrected chi connectivity index (χ3v) is 3.24. The van der Waals surface area contributed by atoms with Gasteiger partial charge in [0.05, 0.1) is 18.6 Å². The number of ether oxygens (including phenoxy) is 2. The molecular formula is C12H23ClN2O3. The fourth-order valence-electron chi connectivity index (χ4n) is 1.99. The molecule has 2 aliphatic rings. The largest absolute Gasteiger partial charge is 0.379 e. The maximum Gasteiger partial charge on any atom is 0.225 e. The molecule has 2 aliphatic heterocycles. The van der Waals surface area contributed by atoms with Gasteiger partial charge in [0, 0.05) is 32.8 Å². The first-order chi connectivity index (χ1) is 8.36. The van der Waals surface area contributed by atoms with Gasteiger partial charge in [-0.1, -0.05) is 0 Å². The van der Waals surface area contributed by atoms with Gasteiger partial charge in [-0.2, -0.15) is 0 Å². The average Bonchev–Trinajstić information content (AvgIpc) is 2.73. The lowest BCUT2D eigenvalue weighted by molar-refractivity contribution is -0.126. The van der Waals surface area contributed by atoms with Crippen molar-refractivity contribution < 1.29 is 14.3 Å². The van der Waals surface area contributed by atoms with Crippen molar-refractivity contribution in [2.24, 2.45) is 5.92 Å². The van der Waals surface area contributed by atoms with Crippen LogP contribution in [0, 0.1) is 5.92 Å². The summed E-state index contributed by atoms with van der Waals surface area (Å²) >= 11 is 0. The van der Waals surface area contributed by atoms with Gasteiger partial charge in [-0.05, 0) is 19.3 Å². The van der Waals surface area contributed by atoms with E-state index in [1.54, 1.807) is 0 Å². The molecule has 0 aliphatic carbocycles. The number of halogens is 1. The molecule has 1 atom stereocenters. The van der Waals surface area contributed by atoms with Crippen LogP contribution < -0.4 is 10.6 Å². The Bertz CT molecular complexity index is 243. The molecule has 0 aromatic carbocycles. The SMILES string of the molecule is Cl.O=C(NCCCOCC1CCCO1)C1CNC1. The first-order valence-corrected chi connectivity index (χ1v) is 6.54. The third-order valence-electron chi connectivity index (χ3n) is 3.24. The quantitative estimate of drug-likeness (QED) is 0.659. The Balaban J connectivity index is 0.00000162. The second-order valence-corrected chi connectivity index (χ2v) is 4.71. The molecule has 1 unspecified atom stereocenters. The molecular weight excluding hydrogens is 256 g/mol. The minimum Gasteiger partial charge on any atom is -0.379 e. The summed E-state index contributed by atoms with van der Waals surface area (Å²) in [4.78, 5) is 11.5. The highest BCUT2D eigenvalue weighted by Gasteiger charge is 2.24. The van der Waals surface area contributed by atoms with Crippen molar-refractivity contribution in [1.29, 1.82) is 0 Å². The molecule has 0 radical (unpaired) electrons. The molecule has 2 fully saturated rings. The maximum absolute atomic E-state index is 11.5. The number of rotatable bonds is 7. The molecule has 5 nitrogen and oxygen atoms in total. The summed E-state index contributed by atoms with van der Waals surface area (Å²) in [5, 5.41) is 6.01. The van der Waals surface area contributed by atoms with Crippen molar-refractivity contribution in [3.63, 3.8) is 0 Å². The lowest BCUT2D eigenvalue weighted by Crippen LogP contribution is -2.50. The first kappa shape index (κ1) is 15.7. The summed E-state index contributed by atoms with van der Waals surface area (Å²) in [6.07, 6.45) is 3.44. The van der Waals surface area contributed by atoms with Crippen molar-refractivity contribution in [3.05, 3.63) is 0 Å². The molecule has 0 bridgehead atoms. The van der Waals surface area contributed by atoms with Crippen LogP contribution in [0.5, 0.6) is 0 Å². The van der Waals surface area contributed by atoms with Crippen molar-refractivity contribution in [2.45, 2.75) is 25.4 Å². The number of carbonyl (C=O) groups is 1. The van der Waals surface area contributed by atoms with E-state index >= 15 is 0 Å². The van der Waals surface area contributed by atoms with Crippen LogP contribution in [0.3, 0.4) is 0 Å². The molecule has 2 heterocycles. The zero-order chi connectivity index (χ0) is 11.9. The summed E-state index contributed by atoms with van der Waals surface area (Å²) in [5.74, 6) is 0.352. The fraction of sp³-hybridized carbons (Fsp3) is 0.917. The highest BCUT2D eigenvalue weighted by molar-refractivity contribution is 5.85. The highest BCUT2D eigenvalue weighted by atomic mass is 35.5. The molecule has 18 heavy (non-hydrogen) atoms. The number of nitrogens with one attached hydrogen (secondary N) is 2. The lowest BCUT2D eigenvalue weighted by atomic mass is 10.0. The van der Waals surface area contributed by atoms with Gasteiger partial charge in [0.25, 0.3) is 0 Å². The Morgan fingerprint density at radius 2 is 2.28 bits per heavy atom. The van der Waals surface area contributed by atoms with E-state index in [0.717, 1.165) is 39.0 Å². The third kappa shape index (κ3) is 5.10. The Morgan fingerprint density at radius 3 is 2.89 bits per heavy atom. The molecule has 0 aromatic heterocycles. The van der Waals surface area contributed by atoms with Crippen LogP contribution in [0.1, 0.15) is 19.3 Å². The predicted molar refractivity (Wildman–Crippen MR) is 71.0 cm³/mol. The summed E-state index contributed by atoms with van der Waals surface area (Å²) < 4.78 is 11.0. The molecule has 0 spiro atoms. The van der Waals surface area contributed by atoms with E-state index in [9.17, 15) is 4.79 Å². The predicted octanol–water partition coefficient (Wildman–Crippen LogP) is 0.329. The second kappa shape index (κ2) is 8.69. The van der Waals surface area contributed by atoms with Gasteiger partial charge < -0.3 is 20.1 Å². The molecule has 106 valence electrons. The molecule has 2 N–H and O–H groups in total. The van der Waals surface area contributed by atoms with E-state index in [0.29, 0.717) is 25.9 Å². The van der Waals surface area contributed by atoms with Crippen LogP contribution in [0.4, 0.5) is 0 Å². The normalized spacial score (nSPS) is 23.2.